The van der Waals surface area contributed by atoms with Crippen LogP contribution in [0, 0.1) is 0 Å². The lowest BCUT2D eigenvalue weighted by atomic mass is 9.87. The lowest BCUT2D eigenvalue weighted by molar-refractivity contribution is 0.467. The van der Waals surface area contributed by atoms with E-state index in [1.165, 1.54) is 17.8 Å². The number of hydrogen-bond acceptors (Lipinski definition) is 3. The van der Waals surface area contributed by atoms with Crippen LogP contribution >= 0.6 is 11.8 Å². The molecule has 1 aromatic carbocycles. The fraction of sp³-hybridized carbons (Fsp3) is 0.312. The third-order valence-electron chi connectivity index (χ3n) is 3.07. The smallest absolute Gasteiger partial charge is 0.223 e. The molecular weight excluding hydrogens is 270 g/mol. The first-order valence-electron chi connectivity index (χ1n) is 6.50. The van der Waals surface area contributed by atoms with E-state index in [0.29, 0.717) is 5.75 Å². The summed E-state index contributed by atoms with van der Waals surface area (Å²) in [5.74, 6) is 0.429. The zero-order chi connectivity index (χ0) is 14.8. The van der Waals surface area contributed by atoms with Crippen LogP contribution < -0.4 is 5.43 Å². The van der Waals surface area contributed by atoms with Crippen LogP contribution in [0.5, 0.6) is 5.75 Å². The predicted octanol–water partition coefficient (Wildman–Crippen LogP) is 3.67. The Bertz CT molecular complexity index is 639. The van der Waals surface area contributed by atoms with E-state index >= 15 is 0 Å². The summed E-state index contributed by atoms with van der Waals surface area (Å²) >= 11 is 1.66. The molecular formula is C16H19NO2S. The highest BCUT2D eigenvalue weighted by molar-refractivity contribution is 7.98. The Morgan fingerprint density at radius 2 is 1.85 bits per heavy atom. The van der Waals surface area contributed by atoms with Gasteiger partial charge in [-0.25, -0.2) is 0 Å². The number of H-pyrrole nitrogens is 1. The van der Waals surface area contributed by atoms with Crippen molar-refractivity contribution < 1.29 is 5.11 Å². The summed E-state index contributed by atoms with van der Waals surface area (Å²) in [7, 11) is 0. The van der Waals surface area contributed by atoms with Crippen molar-refractivity contribution in [3.8, 4) is 5.75 Å². The molecule has 1 aromatic heterocycles. The van der Waals surface area contributed by atoms with E-state index < -0.39 is 0 Å². The van der Waals surface area contributed by atoms with Crippen LogP contribution in [0.4, 0.5) is 0 Å². The number of rotatable bonds is 3. The molecule has 2 N–H and O–H groups in total. The standard InChI is InChI=1S/C16H19NO2S/c1-16(2,3)11-4-6-13(7-5-11)20-10-12-8-14(18)15(19)9-17-12/h4-9,19H,10H2,1-3H3,(H,17,18). The Kier molecular flexibility index (Phi) is 4.23. The zero-order valence-corrected chi connectivity index (χ0v) is 12.8. The Hall–Kier alpha value is -1.68. The second kappa shape index (κ2) is 5.75. The molecule has 4 heteroatoms. The van der Waals surface area contributed by atoms with Crippen molar-refractivity contribution in [3.63, 3.8) is 0 Å². The number of aromatic nitrogens is 1. The summed E-state index contributed by atoms with van der Waals surface area (Å²) in [5.41, 5.74) is 1.92. The minimum Gasteiger partial charge on any atom is -0.503 e. The van der Waals surface area contributed by atoms with Crippen LogP contribution in [-0.2, 0) is 11.2 Å². The van der Waals surface area contributed by atoms with Crippen LogP contribution in [0.1, 0.15) is 32.0 Å². The maximum Gasteiger partial charge on any atom is 0.223 e. The average Bonchev–Trinajstić information content (AvgIpc) is 2.40. The Balaban J connectivity index is 2.04. The lowest BCUT2D eigenvalue weighted by Gasteiger charge is -2.19. The van der Waals surface area contributed by atoms with E-state index in [2.05, 4.69) is 50.0 Å². The summed E-state index contributed by atoms with van der Waals surface area (Å²) < 4.78 is 0. The van der Waals surface area contributed by atoms with E-state index in [0.717, 1.165) is 10.6 Å². The van der Waals surface area contributed by atoms with Gasteiger partial charge in [-0.1, -0.05) is 32.9 Å². The van der Waals surface area contributed by atoms with Gasteiger partial charge in [0.15, 0.2) is 5.75 Å². The quantitative estimate of drug-likeness (QED) is 0.848. The third kappa shape index (κ3) is 3.67. The van der Waals surface area contributed by atoms with Crippen LogP contribution in [0.2, 0.25) is 0 Å². The van der Waals surface area contributed by atoms with Crippen molar-refractivity contribution in [2.45, 2.75) is 36.8 Å². The van der Waals surface area contributed by atoms with E-state index in [9.17, 15) is 9.90 Å². The summed E-state index contributed by atoms with van der Waals surface area (Å²) in [6.07, 6.45) is 1.33. The van der Waals surface area contributed by atoms with Gasteiger partial charge in [-0.15, -0.1) is 11.8 Å². The van der Waals surface area contributed by atoms with E-state index in [4.69, 9.17) is 0 Å². The Morgan fingerprint density at radius 1 is 1.20 bits per heavy atom. The van der Waals surface area contributed by atoms with E-state index in [1.807, 2.05) is 0 Å². The number of thioether (sulfide) groups is 1. The monoisotopic (exact) mass is 289 g/mol. The van der Waals surface area contributed by atoms with Gasteiger partial charge < -0.3 is 10.1 Å². The Morgan fingerprint density at radius 3 is 2.40 bits per heavy atom. The topological polar surface area (TPSA) is 53.1 Å². The van der Waals surface area contributed by atoms with Crippen molar-refractivity contribution in [3.05, 3.63) is 58.0 Å². The van der Waals surface area contributed by atoms with Gasteiger partial charge in [-0.05, 0) is 23.1 Å². The maximum absolute atomic E-state index is 11.3. The van der Waals surface area contributed by atoms with Crippen LogP contribution in [0.15, 0.2) is 46.2 Å². The van der Waals surface area contributed by atoms with Gasteiger partial charge in [-0.2, -0.15) is 0 Å². The molecule has 0 aliphatic heterocycles. The second-order valence-electron chi connectivity index (χ2n) is 5.77. The number of nitrogens with one attached hydrogen (secondary N) is 1. The number of benzene rings is 1. The number of aromatic hydroxyl groups is 1. The van der Waals surface area contributed by atoms with Gasteiger partial charge in [0, 0.05) is 28.6 Å². The first-order valence-corrected chi connectivity index (χ1v) is 7.49. The molecule has 0 fully saturated rings. The number of hydrogen-bond donors (Lipinski definition) is 2. The fourth-order valence-electron chi connectivity index (χ4n) is 1.80. The summed E-state index contributed by atoms with van der Waals surface area (Å²) in [6.45, 7) is 6.57. The van der Waals surface area contributed by atoms with Crippen molar-refractivity contribution in [2.24, 2.45) is 0 Å². The first kappa shape index (κ1) is 14.7. The molecule has 0 aliphatic carbocycles. The zero-order valence-electron chi connectivity index (χ0n) is 11.9. The van der Waals surface area contributed by atoms with Gasteiger partial charge in [0.05, 0.1) is 0 Å². The van der Waals surface area contributed by atoms with Gasteiger partial charge in [0.2, 0.25) is 5.43 Å². The van der Waals surface area contributed by atoms with Crippen LogP contribution in [0.3, 0.4) is 0 Å². The molecule has 20 heavy (non-hydrogen) atoms. The predicted molar refractivity (Wildman–Crippen MR) is 83.4 cm³/mol. The third-order valence-corrected chi connectivity index (χ3v) is 4.13. The molecule has 0 atom stereocenters. The lowest BCUT2D eigenvalue weighted by Crippen LogP contribution is -2.10. The molecule has 0 amide bonds. The number of pyridine rings is 1. The Labute approximate surface area is 123 Å². The van der Waals surface area contributed by atoms with Crippen molar-refractivity contribution in [1.82, 2.24) is 4.98 Å². The molecule has 0 radical (unpaired) electrons. The summed E-state index contributed by atoms with van der Waals surface area (Å²) in [6, 6.07) is 9.92. The second-order valence-corrected chi connectivity index (χ2v) is 6.82. The SMILES string of the molecule is CC(C)(C)c1ccc(SCc2cc(=O)c(O)c[nH]2)cc1. The van der Waals surface area contributed by atoms with Crippen molar-refractivity contribution in [1.29, 1.82) is 0 Å². The maximum atomic E-state index is 11.3. The van der Waals surface area contributed by atoms with Crippen molar-refractivity contribution >= 4 is 11.8 Å². The van der Waals surface area contributed by atoms with E-state index in [-0.39, 0.29) is 16.6 Å². The van der Waals surface area contributed by atoms with Gasteiger partial charge in [0.1, 0.15) is 0 Å². The molecule has 0 spiro atoms. The minimum atomic E-state index is -0.345. The molecule has 0 aliphatic rings. The molecule has 106 valence electrons. The van der Waals surface area contributed by atoms with Gasteiger partial charge in [-0.3, -0.25) is 4.79 Å². The van der Waals surface area contributed by atoms with Crippen LogP contribution in [-0.4, -0.2) is 10.1 Å². The van der Waals surface area contributed by atoms with Crippen LogP contribution in [0.25, 0.3) is 0 Å². The molecule has 0 bridgehead atoms. The average molecular weight is 289 g/mol. The first-order chi connectivity index (χ1) is 9.36. The highest BCUT2D eigenvalue weighted by atomic mass is 32.2. The van der Waals surface area contributed by atoms with Crippen molar-refractivity contribution in [2.75, 3.05) is 0 Å². The summed E-state index contributed by atoms with van der Waals surface area (Å²) in [4.78, 5) is 15.4. The molecule has 1 heterocycles. The number of aromatic amines is 1. The largest absolute Gasteiger partial charge is 0.503 e. The molecule has 0 saturated heterocycles. The molecule has 0 unspecified atom stereocenters. The molecule has 0 saturated carbocycles. The van der Waals surface area contributed by atoms with Gasteiger partial charge in [0.25, 0.3) is 0 Å². The normalized spacial score (nSPS) is 11.6. The molecule has 2 rings (SSSR count). The van der Waals surface area contributed by atoms with Gasteiger partial charge >= 0.3 is 0 Å². The molecule has 3 nitrogen and oxygen atoms in total. The summed E-state index contributed by atoms with van der Waals surface area (Å²) in [5, 5.41) is 9.19. The fourth-order valence-corrected chi connectivity index (χ4v) is 2.62. The highest BCUT2D eigenvalue weighted by Gasteiger charge is 2.12. The van der Waals surface area contributed by atoms with E-state index in [1.54, 1.807) is 11.8 Å². The minimum absolute atomic E-state index is 0.158. The highest BCUT2D eigenvalue weighted by Crippen LogP contribution is 2.27. The molecule has 2 aromatic rings.